The van der Waals surface area contributed by atoms with Crippen molar-refractivity contribution in [3.63, 3.8) is 0 Å². The summed E-state index contributed by atoms with van der Waals surface area (Å²) in [5, 5.41) is 5.07. The number of hydrogen-bond donors (Lipinski definition) is 1. The van der Waals surface area contributed by atoms with Crippen LogP contribution in [0, 0.1) is 0 Å². The minimum Gasteiger partial charge on any atom is -0.325 e. The Morgan fingerprint density at radius 1 is 1.26 bits per heavy atom. The van der Waals surface area contributed by atoms with Crippen molar-refractivity contribution in [3.05, 3.63) is 51.7 Å². The number of carbonyl (C=O) groups excluding carboxylic acids is 1. The summed E-state index contributed by atoms with van der Waals surface area (Å²) in [7, 11) is -3.21. The Bertz CT molecular complexity index is 948. The van der Waals surface area contributed by atoms with Gasteiger partial charge in [0.05, 0.1) is 11.2 Å². The molecule has 1 aliphatic heterocycles. The average molecular weight is 405 g/mol. The first-order valence-electron chi connectivity index (χ1n) is 9.40. The molecule has 1 fully saturated rings. The number of benzene rings is 1. The third kappa shape index (κ3) is 3.56. The Kier molecular flexibility index (Phi) is 4.86. The van der Waals surface area contributed by atoms with E-state index in [1.807, 2.05) is 42.6 Å². The van der Waals surface area contributed by atoms with Crippen molar-refractivity contribution in [1.82, 2.24) is 4.31 Å². The van der Waals surface area contributed by atoms with Crippen LogP contribution >= 0.6 is 11.3 Å². The first kappa shape index (κ1) is 18.7. The van der Waals surface area contributed by atoms with E-state index < -0.39 is 10.0 Å². The van der Waals surface area contributed by atoms with E-state index in [1.54, 1.807) is 15.6 Å². The van der Waals surface area contributed by atoms with Gasteiger partial charge >= 0.3 is 0 Å². The maximum Gasteiger partial charge on any atom is 0.235 e. The predicted octanol–water partition coefficient (Wildman–Crippen LogP) is 3.52. The molecule has 2 aromatic rings. The lowest BCUT2D eigenvalue weighted by Crippen LogP contribution is -2.37. The second kappa shape index (κ2) is 7.04. The Balaban J connectivity index is 1.51. The molecule has 0 radical (unpaired) electrons. The summed E-state index contributed by atoms with van der Waals surface area (Å²) < 4.78 is 26.3. The molecule has 1 amide bonds. The van der Waals surface area contributed by atoms with Crippen molar-refractivity contribution < 1.29 is 13.2 Å². The van der Waals surface area contributed by atoms with Crippen molar-refractivity contribution in [3.8, 4) is 0 Å². The van der Waals surface area contributed by atoms with Crippen LogP contribution in [0.15, 0.2) is 35.7 Å². The largest absolute Gasteiger partial charge is 0.325 e. The minimum absolute atomic E-state index is 0.0381. The van der Waals surface area contributed by atoms with Crippen molar-refractivity contribution in [2.75, 3.05) is 17.6 Å². The normalized spacial score (nSPS) is 18.7. The lowest BCUT2D eigenvalue weighted by Gasteiger charge is -2.28. The number of anilines is 1. The summed E-state index contributed by atoms with van der Waals surface area (Å²) in [6, 6.07) is 9.89. The summed E-state index contributed by atoms with van der Waals surface area (Å²) in [5.41, 5.74) is 2.52. The lowest BCUT2D eigenvalue weighted by molar-refractivity contribution is -0.118. The Morgan fingerprint density at radius 3 is 2.74 bits per heavy atom. The molecule has 5 nitrogen and oxygen atoms in total. The molecule has 2 heterocycles. The smallest absolute Gasteiger partial charge is 0.235 e. The van der Waals surface area contributed by atoms with E-state index in [4.69, 9.17) is 0 Å². The van der Waals surface area contributed by atoms with Gasteiger partial charge in [0.25, 0.3) is 0 Å². The molecule has 27 heavy (non-hydrogen) atoms. The SMILES string of the molecule is CCCS(=O)(=O)N1CCc2ccc(NC(=O)C3(c4cccs4)CC3)cc2C1. The summed E-state index contributed by atoms with van der Waals surface area (Å²) in [5.74, 6) is 0.221. The zero-order chi connectivity index (χ0) is 19.1. The molecule has 1 N–H and O–H groups in total. The van der Waals surface area contributed by atoms with Gasteiger partial charge in [-0.25, -0.2) is 8.42 Å². The topological polar surface area (TPSA) is 66.5 Å². The minimum atomic E-state index is -3.21. The Hall–Kier alpha value is -1.70. The van der Waals surface area contributed by atoms with Crippen molar-refractivity contribution in [2.45, 2.75) is 44.6 Å². The van der Waals surface area contributed by atoms with Gasteiger partial charge in [-0.15, -0.1) is 11.3 Å². The number of carbonyl (C=O) groups is 1. The predicted molar refractivity (Wildman–Crippen MR) is 108 cm³/mol. The van der Waals surface area contributed by atoms with Gasteiger partial charge in [0, 0.05) is 23.7 Å². The molecule has 1 aromatic carbocycles. The number of amides is 1. The van der Waals surface area contributed by atoms with Crippen LogP contribution in [0.3, 0.4) is 0 Å². The van der Waals surface area contributed by atoms with Crippen LogP contribution in [0.2, 0.25) is 0 Å². The molecule has 0 saturated heterocycles. The quantitative estimate of drug-likeness (QED) is 0.801. The Morgan fingerprint density at radius 2 is 2.07 bits per heavy atom. The first-order chi connectivity index (χ1) is 12.9. The molecule has 2 aliphatic rings. The van der Waals surface area contributed by atoms with Crippen LogP contribution in [-0.2, 0) is 33.2 Å². The molecule has 0 atom stereocenters. The number of fused-ring (bicyclic) bond motifs is 1. The highest BCUT2D eigenvalue weighted by Gasteiger charge is 2.52. The zero-order valence-electron chi connectivity index (χ0n) is 15.4. The number of thiophene rings is 1. The van der Waals surface area contributed by atoms with Crippen LogP contribution in [-0.4, -0.2) is 30.9 Å². The van der Waals surface area contributed by atoms with Crippen LogP contribution < -0.4 is 5.32 Å². The first-order valence-corrected chi connectivity index (χ1v) is 11.9. The van der Waals surface area contributed by atoms with Crippen LogP contribution in [0.25, 0.3) is 0 Å². The average Bonchev–Trinajstić information content (AvgIpc) is 3.28. The third-order valence-corrected chi connectivity index (χ3v) is 8.57. The molecule has 1 saturated carbocycles. The fraction of sp³-hybridized carbons (Fsp3) is 0.450. The monoisotopic (exact) mass is 404 g/mol. The molecular weight excluding hydrogens is 380 g/mol. The summed E-state index contributed by atoms with van der Waals surface area (Å²) in [4.78, 5) is 14.0. The maximum atomic E-state index is 12.9. The number of rotatable bonds is 6. The summed E-state index contributed by atoms with van der Waals surface area (Å²) >= 11 is 1.63. The molecule has 4 rings (SSSR count). The van der Waals surface area contributed by atoms with Gasteiger partial charge in [0.15, 0.2) is 0 Å². The summed E-state index contributed by atoms with van der Waals surface area (Å²) in [6.45, 7) is 2.80. The maximum absolute atomic E-state index is 12.9. The van der Waals surface area contributed by atoms with Gasteiger partial charge in [0.1, 0.15) is 0 Å². The highest BCUT2D eigenvalue weighted by molar-refractivity contribution is 7.89. The van der Waals surface area contributed by atoms with Crippen molar-refractivity contribution in [2.24, 2.45) is 0 Å². The second-order valence-corrected chi connectivity index (χ2v) is 10.4. The fourth-order valence-electron chi connectivity index (χ4n) is 3.75. The van der Waals surface area contributed by atoms with Crippen LogP contribution in [0.5, 0.6) is 0 Å². The molecular formula is C20H24N2O3S2. The lowest BCUT2D eigenvalue weighted by atomic mass is 9.99. The number of nitrogens with zero attached hydrogens (tertiary/aromatic N) is 1. The van der Waals surface area contributed by atoms with E-state index in [2.05, 4.69) is 5.32 Å². The summed E-state index contributed by atoms with van der Waals surface area (Å²) in [6.07, 6.45) is 3.10. The van der Waals surface area contributed by atoms with Gasteiger partial charge in [-0.1, -0.05) is 19.1 Å². The van der Waals surface area contributed by atoms with Crippen LogP contribution in [0.1, 0.15) is 42.2 Å². The second-order valence-electron chi connectivity index (χ2n) is 7.40. The van der Waals surface area contributed by atoms with E-state index in [-0.39, 0.29) is 17.1 Å². The number of hydrogen-bond acceptors (Lipinski definition) is 4. The van der Waals surface area contributed by atoms with Gasteiger partial charge in [-0.3, -0.25) is 4.79 Å². The molecule has 0 spiro atoms. The van der Waals surface area contributed by atoms with Crippen LogP contribution in [0.4, 0.5) is 5.69 Å². The van der Waals surface area contributed by atoms with E-state index >= 15 is 0 Å². The number of nitrogens with one attached hydrogen (secondary N) is 1. The molecule has 144 valence electrons. The standard InChI is InChI=1S/C20H24N2O3S2/c1-2-12-27(24,25)22-10-7-15-5-6-17(13-16(15)14-22)21-19(23)20(8-9-20)18-4-3-11-26-18/h3-6,11,13H,2,7-10,12,14H2,1H3,(H,21,23). The fourth-order valence-corrected chi connectivity index (χ4v) is 6.21. The van der Waals surface area contributed by atoms with Crippen molar-refractivity contribution >= 4 is 33.0 Å². The highest BCUT2D eigenvalue weighted by atomic mass is 32.2. The molecule has 0 unspecified atom stereocenters. The van der Waals surface area contributed by atoms with E-state index in [1.165, 1.54) is 0 Å². The highest BCUT2D eigenvalue weighted by Crippen LogP contribution is 2.50. The number of sulfonamides is 1. The third-order valence-electron chi connectivity index (χ3n) is 5.47. The molecule has 1 aromatic heterocycles. The van der Waals surface area contributed by atoms with Gasteiger partial charge in [-0.2, -0.15) is 4.31 Å². The van der Waals surface area contributed by atoms with Gasteiger partial charge in [0.2, 0.25) is 15.9 Å². The molecule has 7 heteroatoms. The van der Waals surface area contributed by atoms with Gasteiger partial charge in [-0.05, 0) is 60.4 Å². The van der Waals surface area contributed by atoms with Gasteiger partial charge < -0.3 is 5.32 Å². The van der Waals surface area contributed by atoms with E-state index in [0.717, 1.165) is 34.5 Å². The van der Waals surface area contributed by atoms with E-state index in [0.29, 0.717) is 25.9 Å². The van der Waals surface area contributed by atoms with Crippen molar-refractivity contribution in [1.29, 1.82) is 0 Å². The van der Waals surface area contributed by atoms with E-state index in [9.17, 15) is 13.2 Å². The molecule has 1 aliphatic carbocycles. The Labute approximate surface area is 164 Å². The molecule has 0 bridgehead atoms. The zero-order valence-corrected chi connectivity index (χ0v) is 17.0.